The molecule has 7 heteroatoms. The smallest absolute Gasteiger partial charge is 0.310 e. The number of benzene rings is 3. The van der Waals surface area contributed by atoms with Crippen LogP contribution in [0.15, 0.2) is 75.5 Å². The molecular weight excluding hydrogens is 510 g/mol. The quantitative estimate of drug-likeness (QED) is 0.119. The Morgan fingerprint density at radius 3 is 2.56 bits per heavy atom. The summed E-state index contributed by atoms with van der Waals surface area (Å²) in [6.07, 6.45) is 2.61. The van der Waals surface area contributed by atoms with Gasteiger partial charge in [0.05, 0.1) is 13.0 Å². The number of hydrogen-bond acceptors (Lipinski definition) is 6. The molecule has 0 aliphatic heterocycles. The molecule has 1 unspecified atom stereocenters. The van der Waals surface area contributed by atoms with Gasteiger partial charge in [-0.2, -0.15) is 0 Å². The van der Waals surface area contributed by atoms with Crippen LogP contribution in [0.2, 0.25) is 0 Å². The van der Waals surface area contributed by atoms with Crippen molar-refractivity contribution in [3.63, 3.8) is 0 Å². The van der Waals surface area contributed by atoms with Crippen LogP contribution in [0.3, 0.4) is 0 Å². The van der Waals surface area contributed by atoms with Crippen LogP contribution in [0.4, 0.5) is 0 Å². The molecule has 0 fully saturated rings. The average Bonchev–Trinajstić information content (AvgIpc) is 3.33. The van der Waals surface area contributed by atoms with Gasteiger partial charge in [0.25, 0.3) is 0 Å². The Balaban J connectivity index is 1.69. The maximum Gasteiger partial charge on any atom is 0.310 e. The van der Waals surface area contributed by atoms with Crippen molar-refractivity contribution in [3.05, 3.63) is 89.2 Å². The third kappa shape index (κ3) is 7.31. The standard InChI is InChI=1S/C32H35NO5S/c1-6-22-11-10-13-24(15-22)28-17-23(21-37-29-14-9-8-12-25(29)19-30(34)36-7-2)16-26-18-27(38-31(26)28)20-33-39(35)32(3,4)5/h8-18,20H,6-7,19,21H2,1-5H3. The van der Waals surface area contributed by atoms with Gasteiger partial charge in [-0.15, -0.1) is 0 Å². The van der Waals surface area contributed by atoms with Gasteiger partial charge in [-0.1, -0.05) is 53.8 Å². The summed E-state index contributed by atoms with van der Waals surface area (Å²) in [7, 11) is 0. The zero-order chi connectivity index (χ0) is 28.0. The normalized spacial score (nSPS) is 12.7. The number of carbonyl (C=O) groups excluding carboxylic acids is 1. The second-order valence-electron chi connectivity index (χ2n) is 10.2. The molecule has 6 nitrogen and oxygen atoms in total. The first-order valence-electron chi connectivity index (χ1n) is 13.2. The van der Waals surface area contributed by atoms with Crippen LogP contribution in [-0.4, -0.2) is 28.1 Å². The number of ether oxygens (including phenoxy) is 2. The largest absolute Gasteiger partial charge is 0.591 e. The highest BCUT2D eigenvalue weighted by molar-refractivity contribution is 7.91. The fourth-order valence-electron chi connectivity index (χ4n) is 4.13. The molecule has 204 valence electrons. The summed E-state index contributed by atoms with van der Waals surface area (Å²) in [5.41, 5.74) is 5.68. The Kier molecular flexibility index (Phi) is 9.15. The summed E-state index contributed by atoms with van der Waals surface area (Å²) < 4.78 is 33.8. The van der Waals surface area contributed by atoms with E-state index in [1.807, 2.05) is 63.2 Å². The van der Waals surface area contributed by atoms with E-state index in [2.05, 4.69) is 35.6 Å². The molecule has 0 aliphatic rings. The van der Waals surface area contributed by atoms with Crippen molar-refractivity contribution in [2.75, 3.05) is 6.61 Å². The van der Waals surface area contributed by atoms with Crippen molar-refractivity contribution in [1.29, 1.82) is 0 Å². The average molecular weight is 546 g/mol. The molecule has 4 aromatic rings. The second-order valence-corrected chi connectivity index (χ2v) is 12.2. The molecule has 3 aromatic carbocycles. The number of esters is 1. The van der Waals surface area contributed by atoms with E-state index in [-0.39, 0.29) is 12.4 Å². The Labute approximate surface area is 233 Å². The van der Waals surface area contributed by atoms with Gasteiger partial charge >= 0.3 is 5.97 Å². The molecule has 0 saturated carbocycles. The Morgan fingerprint density at radius 2 is 1.82 bits per heavy atom. The van der Waals surface area contributed by atoms with Gasteiger partial charge in [-0.3, -0.25) is 4.79 Å². The summed E-state index contributed by atoms with van der Waals surface area (Å²) in [5.74, 6) is 0.895. The number of nitrogens with zero attached hydrogens (tertiary/aromatic N) is 1. The molecule has 4 rings (SSSR count). The van der Waals surface area contributed by atoms with E-state index in [9.17, 15) is 9.35 Å². The SMILES string of the molecule is CCOC(=O)Cc1ccccc1OCc1cc(-c2cccc(CC)c2)c2oc(C=N[S+]([O-])C(C)(C)C)cc2c1. The van der Waals surface area contributed by atoms with Gasteiger partial charge in [0.1, 0.15) is 40.3 Å². The minimum Gasteiger partial charge on any atom is -0.591 e. The summed E-state index contributed by atoms with van der Waals surface area (Å²) in [6, 6.07) is 21.9. The lowest BCUT2D eigenvalue weighted by molar-refractivity contribution is -0.142. The predicted octanol–water partition coefficient (Wildman–Crippen LogP) is 7.23. The Bertz CT molecular complexity index is 1470. The Hall–Kier alpha value is -3.55. The summed E-state index contributed by atoms with van der Waals surface area (Å²) in [5, 5.41) is 0.899. The molecule has 0 spiro atoms. The molecule has 1 atom stereocenters. The number of hydrogen-bond donors (Lipinski definition) is 0. The van der Waals surface area contributed by atoms with Crippen molar-refractivity contribution in [2.24, 2.45) is 4.40 Å². The maximum absolute atomic E-state index is 12.4. The molecular formula is C32H35NO5S. The fraction of sp³-hybridized carbons (Fsp3) is 0.312. The van der Waals surface area contributed by atoms with Gasteiger partial charge in [0.15, 0.2) is 5.76 Å². The first-order chi connectivity index (χ1) is 18.7. The topological polar surface area (TPSA) is 84.1 Å². The number of para-hydroxylation sites is 1. The molecule has 0 N–H and O–H groups in total. The van der Waals surface area contributed by atoms with Crippen molar-refractivity contribution >= 4 is 34.5 Å². The van der Waals surface area contributed by atoms with E-state index in [0.29, 0.717) is 24.7 Å². The summed E-state index contributed by atoms with van der Waals surface area (Å²) >= 11 is -1.39. The van der Waals surface area contributed by atoms with Gasteiger partial charge < -0.3 is 18.4 Å². The van der Waals surface area contributed by atoms with Gasteiger partial charge in [0.2, 0.25) is 0 Å². The van der Waals surface area contributed by atoms with Gasteiger partial charge in [-0.05, 0) is 75.1 Å². The van der Waals surface area contributed by atoms with Crippen LogP contribution in [0.25, 0.3) is 22.1 Å². The van der Waals surface area contributed by atoms with E-state index >= 15 is 0 Å². The van der Waals surface area contributed by atoms with E-state index < -0.39 is 16.1 Å². The molecule has 0 aliphatic carbocycles. The minimum absolute atomic E-state index is 0.151. The highest BCUT2D eigenvalue weighted by Crippen LogP contribution is 2.34. The van der Waals surface area contributed by atoms with E-state index in [4.69, 9.17) is 13.9 Å². The maximum atomic E-state index is 12.4. The lowest BCUT2D eigenvalue weighted by atomic mass is 9.98. The van der Waals surface area contributed by atoms with Gasteiger partial charge in [0, 0.05) is 16.5 Å². The number of fused-ring (bicyclic) bond motifs is 1. The third-order valence-electron chi connectivity index (χ3n) is 6.15. The second kappa shape index (κ2) is 12.5. The van der Waals surface area contributed by atoms with Crippen molar-refractivity contribution in [2.45, 2.75) is 58.8 Å². The molecule has 39 heavy (non-hydrogen) atoms. The molecule has 1 aromatic heterocycles. The first-order valence-corrected chi connectivity index (χ1v) is 14.3. The molecule has 0 saturated heterocycles. The molecule has 0 amide bonds. The zero-order valence-corrected chi connectivity index (χ0v) is 24.0. The number of carbonyl (C=O) groups is 1. The highest BCUT2D eigenvalue weighted by Gasteiger charge is 2.26. The first kappa shape index (κ1) is 28.5. The third-order valence-corrected chi connectivity index (χ3v) is 7.49. The van der Waals surface area contributed by atoms with Crippen LogP contribution in [0, 0.1) is 0 Å². The Morgan fingerprint density at radius 1 is 1.03 bits per heavy atom. The van der Waals surface area contributed by atoms with E-state index in [0.717, 1.165) is 39.6 Å². The van der Waals surface area contributed by atoms with Crippen LogP contribution in [0.5, 0.6) is 5.75 Å². The number of furan rings is 1. The predicted molar refractivity (Wildman–Crippen MR) is 158 cm³/mol. The van der Waals surface area contributed by atoms with Crippen LogP contribution < -0.4 is 4.74 Å². The van der Waals surface area contributed by atoms with Gasteiger partial charge in [-0.25, -0.2) is 0 Å². The summed E-state index contributed by atoms with van der Waals surface area (Å²) in [4.78, 5) is 12.1. The monoisotopic (exact) mass is 545 g/mol. The van der Waals surface area contributed by atoms with Crippen LogP contribution >= 0.6 is 0 Å². The van der Waals surface area contributed by atoms with Crippen molar-refractivity contribution in [1.82, 2.24) is 0 Å². The van der Waals surface area contributed by atoms with Crippen LogP contribution in [0.1, 0.15) is 57.1 Å². The van der Waals surface area contributed by atoms with Crippen LogP contribution in [-0.2, 0) is 40.3 Å². The lowest BCUT2D eigenvalue weighted by Crippen LogP contribution is -2.25. The lowest BCUT2D eigenvalue weighted by Gasteiger charge is -2.17. The highest BCUT2D eigenvalue weighted by atomic mass is 32.2. The fourth-order valence-corrected chi connectivity index (χ4v) is 4.65. The molecule has 0 radical (unpaired) electrons. The number of aryl methyl sites for hydroxylation is 1. The van der Waals surface area contributed by atoms with Crippen molar-refractivity contribution < 1.29 is 23.2 Å². The molecule has 0 bridgehead atoms. The zero-order valence-electron chi connectivity index (χ0n) is 23.2. The molecule has 1 heterocycles. The summed E-state index contributed by atoms with van der Waals surface area (Å²) in [6.45, 7) is 10.2. The number of rotatable bonds is 10. The van der Waals surface area contributed by atoms with Crippen molar-refractivity contribution in [3.8, 4) is 16.9 Å². The van der Waals surface area contributed by atoms with E-state index in [1.54, 1.807) is 6.92 Å². The van der Waals surface area contributed by atoms with E-state index in [1.165, 1.54) is 11.8 Å². The minimum atomic E-state index is -1.39.